The van der Waals surface area contributed by atoms with Gasteiger partial charge in [0.2, 0.25) is 0 Å². The first kappa shape index (κ1) is 16.2. The molecule has 0 saturated carbocycles. The van der Waals surface area contributed by atoms with Crippen molar-refractivity contribution in [3.63, 3.8) is 0 Å². The molecule has 1 amide bonds. The number of nitrogens with one attached hydrogen (secondary N) is 2. The van der Waals surface area contributed by atoms with E-state index in [1.807, 2.05) is 0 Å². The summed E-state index contributed by atoms with van der Waals surface area (Å²) < 4.78 is 29.0. The zero-order valence-electron chi connectivity index (χ0n) is 11.3. The van der Waals surface area contributed by atoms with Crippen molar-refractivity contribution in [1.82, 2.24) is 5.32 Å². The lowest BCUT2D eigenvalue weighted by molar-refractivity contribution is -0.128. The second kappa shape index (κ2) is 6.31. The maximum atomic E-state index is 12.0. The number of amides is 1. The molecule has 0 aromatic heterocycles. The second-order valence-corrected chi connectivity index (χ2v) is 7.02. The molecule has 3 rings (SSSR count). The summed E-state index contributed by atoms with van der Waals surface area (Å²) in [4.78, 5) is 12.3. The van der Waals surface area contributed by atoms with Crippen LogP contribution in [-0.2, 0) is 25.8 Å². The molecule has 1 saturated heterocycles. The van der Waals surface area contributed by atoms with E-state index in [1.165, 1.54) is 6.07 Å². The summed E-state index contributed by atoms with van der Waals surface area (Å²) in [6.45, 7) is 1.70. The Morgan fingerprint density at radius 3 is 2.90 bits per heavy atom. The van der Waals surface area contributed by atoms with Crippen molar-refractivity contribution >= 4 is 33.8 Å². The molecule has 8 heteroatoms. The van der Waals surface area contributed by atoms with Crippen molar-refractivity contribution in [2.24, 2.45) is 0 Å². The Hall–Kier alpha value is -1.15. The largest absolute Gasteiger partial charge is 0.366 e. The Morgan fingerprint density at radius 2 is 2.19 bits per heavy atom. The molecule has 0 radical (unpaired) electrons. The lowest BCUT2D eigenvalue weighted by Crippen LogP contribution is -2.45. The molecule has 1 unspecified atom stereocenters. The van der Waals surface area contributed by atoms with Gasteiger partial charge >= 0.3 is 0 Å². The molecular weight excluding hydrogens is 316 g/mol. The van der Waals surface area contributed by atoms with Crippen LogP contribution in [0, 0.1) is 0 Å². The van der Waals surface area contributed by atoms with Crippen molar-refractivity contribution < 1.29 is 17.9 Å². The molecule has 21 heavy (non-hydrogen) atoms. The minimum atomic E-state index is -3.18. The predicted octanol–water partition coefficient (Wildman–Crippen LogP) is 0.365. The number of benzene rings is 1. The van der Waals surface area contributed by atoms with Gasteiger partial charge in [-0.3, -0.25) is 4.79 Å². The average molecular weight is 333 g/mol. The number of hydrogen-bond donors (Lipinski definition) is 2. The molecule has 1 aromatic rings. The standard InChI is InChI=1S/C13H16N2O4S.ClH/c16-13(11-8-14-4-5-19-11)15-10-2-1-9-3-6-20(17,18)12(9)7-10;/h1-2,7,11,14H,3-6,8H2,(H,15,16);1H. The molecule has 0 spiro atoms. The fourth-order valence-electron chi connectivity index (χ4n) is 2.44. The number of hydrogen-bond acceptors (Lipinski definition) is 5. The lowest BCUT2D eigenvalue weighted by atomic mass is 10.1. The van der Waals surface area contributed by atoms with Gasteiger partial charge in [0, 0.05) is 18.8 Å². The van der Waals surface area contributed by atoms with Gasteiger partial charge in [-0.25, -0.2) is 8.42 Å². The highest BCUT2D eigenvalue weighted by Gasteiger charge is 2.27. The van der Waals surface area contributed by atoms with Crippen molar-refractivity contribution in [2.75, 3.05) is 30.8 Å². The molecule has 1 atom stereocenters. The molecule has 0 bridgehead atoms. The van der Waals surface area contributed by atoms with Gasteiger partial charge in [-0.1, -0.05) is 6.07 Å². The van der Waals surface area contributed by atoms with Crippen molar-refractivity contribution in [3.8, 4) is 0 Å². The van der Waals surface area contributed by atoms with Crippen molar-refractivity contribution in [2.45, 2.75) is 17.4 Å². The molecule has 116 valence electrons. The first-order valence-electron chi connectivity index (χ1n) is 6.55. The number of fused-ring (bicyclic) bond motifs is 1. The second-order valence-electron chi connectivity index (χ2n) is 4.94. The van der Waals surface area contributed by atoms with E-state index in [9.17, 15) is 13.2 Å². The van der Waals surface area contributed by atoms with Gasteiger partial charge in [-0.05, 0) is 24.1 Å². The van der Waals surface area contributed by atoms with Crippen molar-refractivity contribution in [1.29, 1.82) is 0 Å². The lowest BCUT2D eigenvalue weighted by Gasteiger charge is -2.22. The van der Waals surface area contributed by atoms with Crippen LogP contribution < -0.4 is 10.6 Å². The van der Waals surface area contributed by atoms with E-state index in [0.717, 1.165) is 12.1 Å². The third-order valence-electron chi connectivity index (χ3n) is 3.53. The molecule has 1 fully saturated rings. The van der Waals surface area contributed by atoms with Crippen molar-refractivity contribution in [3.05, 3.63) is 23.8 Å². The Balaban J connectivity index is 0.00000161. The van der Waals surface area contributed by atoms with E-state index in [1.54, 1.807) is 12.1 Å². The fourth-order valence-corrected chi connectivity index (χ4v) is 4.02. The molecule has 2 aliphatic heterocycles. The zero-order valence-corrected chi connectivity index (χ0v) is 12.9. The van der Waals surface area contributed by atoms with Crippen LogP contribution in [0.5, 0.6) is 0 Å². The molecule has 0 aliphatic carbocycles. The number of morpholine rings is 1. The minimum Gasteiger partial charge on any atom is -0.366 e. The highest BCUT2D eigenvalue weighted by atomic mass is 35.5. The highest BCUT2D eigenvalue weighted by Crippen LogP contribution is 2.28. The van der Waals surface area contributed by atoms with Crippen LogP contribution in [0.2, 0.25) is 0 Å². The third-order valence-corrected chi connectivity index (χ3v) is 5.32. The summed E-state index contributed by atoms with van der Waals surface area (Å²) in [7, 11) is -3.18. The van der Waals surface area contributed by atoms with Gasteiger partial charge in [0.25, 0.3) is 5.91 Å². The maximum Gasteiger partial charge on any atom is 0.254 e. The predicted molar refractivity (Wildman–Crippen MR) is 80.7 cm³/mol. The molecular formula is C13H17ClN2O4S. The van der Waals surface area contributed by atoms with Crippen LogP contribution in [0.4, 0.5) is 5.69 Å². The number of carbonyl (C=O) groups excluding carboxylic acids is 1. The first-order chi connectivity index (χ1) is 9.56. The summed E-state index contributed by atoms with van der Waals surface area (Å²) in [5, 5.41) is 5.79. The highest BCUT2D eigenvalue weighted by molar-refractivity contribution is 7.91. The van der Waals surface area contributed by atoms with Crippen LogP contribution in [0.25, 0.3) is 0 Å². The van der Waals surface area contributed by atoms with Gasteiger partial charge in [0.05, 0.1) is 17.3 Å². The van der Waals surface area contributed by atoms with E-state index in [4.69, 9.17) is 4.74 Å². The van der Waals surface area contributed by atoms with Gasteiger partial charge in [0.1, 0.15) is 6.10 Å². The maximum absolute atomic E-state index is 12.0. The Morgan fingerprint density at radius 1 is 1.38 bits per heavy atom. The molecule has 1 aromatic carbocycles. The molecule has 2 N–H and O–H groups in total. The van der Waals surface area contributed by atoms with Crippen LogP contribution in [0.1, 0.15) is 5.56 Å². The summed E-state index contributed by atoms with van der Waals surface area (Å²) >= 11 is 0. The Labute approximate surface area is 129 Å². The number of halogens is 1. The van der Waals surface area contributed by atoms with Gasteiger partial charge in [-0.2, -0.15) is 0 Å². The smallest absolute Gasteiger partial charge is 0.254 e. The van der Waals surface area contributed by atoms with E-state index in [0.29, 0.717) is 30.2 Å². The molecule has 6 nitrogen and oxygen atoms in total. The molecule has 2 aliphatic rings. The Bertz CT molecular complexity index is 642. The summed E-state index contributed by atoms with van der Waals surface area (Å²) in [6, 6.07) is 5.02. The van der Waals surface area contributed by atoms with Crippen LogP contribution >= 0.6 is 12.4 Å². The summed E-state index contributed by atoms with van der Waals surface area (Å²) in [6.07, 6.45) is 0.00951. The van der Waals surface area contributed by atoms with E-state index in [-0.39, 0.29) is 24.1 Å². The van der Waals surface area contributed by atoms with Gasteiger partial charge < -0.3 is 15.4 Å². The topological polar surface area (TPSA) is 84.5 Å². The Kier molecular flexibility index (Phi) is 4.88. The number of carbonyl (C=O) groups is 1. The van der Waals surface area contributed by atoms with E-state index < -0.39 is 15.9 Å². The van der Waals surface area contributed by atoms with Crippen LogP contribution in [0.3, 0.4) is 0 Å². The van der Waals surface area contributed by atoms with Crippen LogP contribution in [-0.4, -0.2) is 45.9 Å². The number of aryl methyl sites for hydroxylation is 1. The minimum absolute atomic E-state index is 0. The average Bonchev–Trinajstić information content (AvgIpc) is 2.75. The zero-order chi connectivity index (χ0) is 14.2. The van der Waals surface area contributed by atoms with Gasteiger partial charge in [0.15, 0.2) is 9.84 Å². The van der Waals surface area contributed by atoms with E-state index >= 15 is 0 Å². The quantitative estimate of drug-likeness (QED) is 0.817. The normalized spacial score (nSPS) is 23.0. The fraction of sp³-hybridized carbons (Fsp3) is 0.462. The van der Waals surface area contributed by atoms with E-state index in [2.05, 4.69) is 10.6 Å². The summed E-state index contributed by atoms with van der Waals surface area (Å²) in [5.41, 5.74) is 1.31. The number of ether oxygens (including phenoxy) is 1. The number of anilines is 1. The van der Waals surface area contributed by atoms with Crippen LogP contribution in [0.15, 0.2) is 23.1 Å². The monoisotopic (exact) mass is 332 g/mol. The number of rotatable bonds is 2. The van der Waals surface area contributed by atoms with Gasteiger partial charge in [-0.15, -0.1) is 12.4 Å². The molecule has 2 heterocycles. The first-order valence-corrected chi connectivity index (χ1v) is 8.20. The third kappa shape index (κ3) is 3.37. The summed E-state index contributed by atoms with van der Waals surface area (Å²) in [5.74, 6) is -0.109. The SMILES string of the molecule is Cl.O=C(Nc1ccc2c(c1)S(=O)(=O)CC2)C1CNCCO1. The number of sulfone groups is 1.